The van der Waals surface area contributed by atoms with Gasteiger partial charge in [-0.2, -0.15) is 0 Å². The number of nitrogens with zero attached hydrogens (tertiary/aromatic N) is 2. The topological polar surface area (TPSA) is 79.7 Å². The third-order valence-corrected chi connectivity index (χ3v) is 5.49. The number of hydrogen-bond acceptors (Lipinski definition) is 5. The van der Waals surface area contributed by atoms with Gasteiger partial charge in [-0.25, -0.2) is 4.39 Å². The molecular weight excluding hydrogens is 411 g/mol. The summed E-state index contributed by atoms with van der Waals surface area (Å²) in [5.41, 5.74) is 1.79. The molecule has 2 heterocycles. The summed E-state index contributed by atoms with van der Waals surface area (Å²) in [4.78, 5) is 31.5. The number of aliphatic hydroxyl groups is 1. The van der Waals surface area contributed by atoms with E-state index in [2.05, 4.69) is 4.98 Å². The molecule has 1 N–H and O–H groups in total. The Labute approximate surface area is 184 Å². The lowest BCUT2D eigenvalue weighted by Crippen LogP contribution is -2.29. The standard InChI is InChI=1S/C25H21FN2O4/c1-15-5-6-18(12-20(15)26)23(29)21-22(17-7-9-19(32-2)10-8-17)28(25(31)24(21)30)14-16-4-3-11-27-13-16/h3-13,22,29H,14H2,1-2H3/b23-21-. The van der Waals surface area contributed by atoms with Gasteiger partial charge in [0.2, 0.25) is 0 Å². The highest BCUT2D eigenvalue weighted by molar-refractivity contribution is 6.46. The summed E-state index contributed by atoms with van der Waals surface area (Å²) in [5.74, 6) is -1.90. The molecule has 1 fully saturated rings. The number of carbonyl (C=O) groups excluding carboxylic acids is 2. The van der Waals surface area contributed by atoms with Crippen LogP contribution < -0.4 is 4.74 Å². The first-order chi connectivity index (χ1) is 15.4. The normalized spacial score (nSPS) is 17.6. The molecule has 0 radical (unpaired) electrons. The summed E-state index contributed by atoms with van der Waals surface area (Å²) in [6, 6.07) is 13.8. The highest BCUT2D eigenvalue weighted by atomic mass is 19.1. The molecule has 1 aromatic heterocycles. The molecule has 1 aliphatic heterocycles. The molecule has 2 aromatic carbocycles. The third kappa shape index (κ3) is 3.85. The number of likely N-dealkylation sites (tertiary alicyclic amines) is 1. The van der Waals surface area contributed by atoms with Crippen molar-refractivity contribution < 1.29 is 23.8 Å². The molecule has 0 spiro atoms. The SMILES string of the molecule is COc1ccc(C2/C(=C(/O)c3ccc(C)c(F)c3)C(=O)C(=O)N2Cc2cccnc2)cc1. The van der Waals surface area contributed by atoms with Gasteiger partial charge in [-0.1, -0.05) is 30.3 Å². The van der Waals surface area contributed by atoms with Gasteiger partial charge in [0.1, 0.15) is 17.3 Å². The van der Waals surface area contributed by atoms with Gasteiger partial charge in [-0.05, 0) is 47.9 Å². The lowest BCUT2D eigenvalue weighted by atomic mass is 9.94. The number of hydrogen-bond donors (Lipinski definition) is 1. The third-order valence-electron chi connectivity index (χ3n) is 5.49. The molecule has 1 saturated heterocycles. The molecule has 1 unspecified atom stereocenters. The minimum Gasteiger partial charge on any atom is -0.507 e. The van der Waals surface area contributed by atoms with Crippen LogP contribution in [-0.2, 0) is 16.1 Å². The van der Waals surface area contributed by atoms with Gasteiger partial charge in [0.05, 0.1) is 18.7 Å². The molecule has 1 aliphatic rings. The van der Waals surface area contributed by atoms with E-state index in [1.807, 2.05) is 0 Å². The summed E-state index contributed by atoms with van der Waals surface area (Å²) in [6.45, 7) is 1.72. The number of ether oxygens (including phenoxy) is 1. The molecule has 3 aromatic rings. The number of rotatable bonds is 5. The highest BCUT2D eigenvalue weighted by Gasteiger charge is 2.46. The van der Waals surface area contributed by atoms with Crippen molar-refractivity contribution in [2.45, 2.75) is 19.5 Å². The van der Waals surface area contributed by atoms with E-state index in [9.17, 15) is 19.1 Å². The molecular formula is C25H21FN2O4. The fourth-order valence-electron chi connectivity index (χ4n) is 3.76. The van der Waals surface area contributed by atoms with Crippen LogP contribution in [0, 0.1) is 12.7 Å². The molecule has 1 amide bonds. The summed E-state index contributed by atoms with van der Waals surface area (Å²) < 4.78 is 19.4. The van der Waals surface area contributed by atoms with Gasteiger partial charge in [0.25, 0.3) is 11.7 Å². The van der Waals surface area contributed by atoms with E-state index >= 15 is 0 Å². The summed E-state index contributed by atoms with van der Waals surface area (Å²) in [7, 11) is 1.54. The van der Waals surface area contributed by atoms with E-state index in [0.29, 0.717) is 16.9 Å². The van der Waals surface area contributed by atoms with Gasteiger partial charge < -0.3 is 14.7 Å². The maximum Gasteiger partial charge on any atom is 0.295 e. The van der Waals surface area contributed by atoms with E-state index in [1.54, 1.807) is 55.7 Å². The van der Waals surface area contributed by atoms with E-state index in [-0.39, 0.29) is 17.7 Å². The minimum atomic E-state index is -0.856. The second-order valence-corrected chi connectivity index (χ2v) is 7.53. The number of Topliss-reactive ketones (excluding diaryl/α,β-unsaturated/α-hetero) is 1. The smallest absolute Gasteiger partial charge is 0.295 e. The van der Waals surface area contributed by atoms with E-state index < -0.39 is 29.3 Å². The molecule has 0 aliphatic carbocycles. The number of benzene rings is 2. The van der Waals surface area contributed by atoms with Crippen molar-refractivity contribution in [3.05, 3.63) is 101 Å². The Balaban J connectivity index is 1.86. The average Bonchev–Trinajstić information content (AvgIpc) is 3.06. The Bertz CT molecular complexity index is 1210. The number of amides is 1. The monoisotopic (exact) mass is 432 g/mol. The molecule has 32 heavy (non-hydrogen) atoms. The second kappa shape index (κ2) is 8.63. The van der Waals surface area contributed by atoms with Crippen molar-refractivity contribution >= 4 is 17.4 Å². The molecule has 0 saturated carbocycles. The zero-order valence-corrected chi connectivity index (χ0v) is 17.6. The second-order valence-electron chi connectivity index (χ2n) is 7.53. The fraction of sp³-hybridized carbons (Fsp3) is 0.160. The Hall–Kier alpha value is -4.00. The lowest BCUT2D eigenvalue weighted by molar-refractivity contribution is -0.140. The van der Waals surface area contributed by atoms with Crippen molar-refractivity contribution in [1.82, 2.24) is 9.88 Å². The Morgan fingerprint density at radius 3 is 2.53 bits per heavy atom. The highest BCUT2D eigenvalue weighted by Crippen LogP contribution is 2.40. The van der Waals surface area contributed by atoms with Crippen LogP contribution in [0.5, 0.6) is 5.75 Å². The first kappa shape index (κ1) is 21.2. The number of methoxy groups -OCH3 is 1. The fourth-order valence-corrected chi connectivity index (χ4v) is 3.76. The number of aliphatic hydroxyl groups excluding tert-OH is 1. The van der Waals surface area contributed by atoms with Crippen LogP contribution in [0.3, 0.4) is 0 Å². The van der Waals surface area contributed by atoms with Crippen molar-refractivity contribution in [1.29, 1.82) is 0 Å². The van der Waals surface area contributed by atoms with Gasteiger partial charge in [-0.3, -0.25) is 14.6 Å². The number of aromatic nitrogens is 1. The van der Waals surface area contributed by atoms with Crippen LogP contribution >= 0.6 is 0 Å². The van der Waals surface area contributed by atoms with Crippen molar-refractivity contribution in [2.24, 2.45) is 0 Å². The van der Waals surface area contributed by atoms with Crippen LogP contribution in [0.4, 0.5) is 4.39 Å². The van der Waals surface area contributed by atoms with Gasteiger partial charge >= 0.3 is 0 Å². The van der Waals surface area contributed by atoms with Crippen LogP contribution in [0.2, 0.25) is 0 Å². The predicted octanol–water partition coefficient (Wildman–Crippen LogP) is 4.16. The zero-order chi connectivity index (χ0) is 22.8. The average molecular weight is 432 g/mol. The zero-order valence-electron chi connectivity index (χ0n) is 17.6. The summed E-state index contributed by atoms with van der Waals surface area (Å²) >= 11 is 0. The maximum atomic E-state index is 14.2. The first-order valence-corrected chi connectivity index (χ1v) is 9.98. The van der Waals surface area contributed by atoms with E-state index in [1.165, 1.54) is 24.1 Å². The molecule has 162 valence electrons. The van der Waals surface area contributed by atoms with E-state index in [0.717, 1.165) is 11.6 Å². The van der Waals surface area contributed by atoms with Gasteiger partial charge in [-0.15, -0.1) is 0 Å². The molecule has 7 heteroatoms. The lowest BCUT2D eigenvalue weighted by Gasteiger charge is -2.25. The number of aryl methyl sites for hydroxylation is 1. The largest absolute Gasteiger partial charge is 0.507 e. The van der Waals surface area contributed by atoms with E-state index in [4.69, 9.17) is 4.74 Å². The number of halogens is 1. The van der Waals surface area contributed by atoms with Crippen molar-refractivity contribution in [3.63, 3.8) is 0 Å². The number of pyridine rings is 1. The summed E-state index contributed by atoms with van der Waals surface area (Å²) in [5, 5.41) is 11.0. The van der Waals surface area contributed by atoms with Crippen molar-refractivity contribution in [3.8, 4) is 5.75 Å². The molecule has 0 bridgehead atoms. The van der Waals surface area contributed by atoms with Crippen LogP contribution in [-0.4, -0.2) is 33.8 Å². The number of carbonyl (C=O) groups is 2. The predicted molar refractivity (Wildman–Crippen MR) is 116 cm³/mol. The Morgan fingerprint density at radius 2 is 1.91 bits per heavy atom. The first-order valence-electron chi connectivity index (χ1n) is 9.98. The quantitative estimate of drug-likeness (QED) is 0.372. The molecule has 1 atom stereocenters. The Morgan fingerprint density at radius 1 is 1.16 bits per heavy atom. The Kier molecular flexibility index (Phi) is 5.73. The van der Waals surface area contributed by atoms with Gasteiger partial charge in [0, 0.05) is 24.5 Å². The van der Waals surface area contributed by atoms with Crippen molar-refractivity contribution in [2.75, 3.05) is 7.11 Å². The van der Waals surface area contributed by atoms with Crippen LogP contribution in [0.25, 0.3) is 5.76 Å². The minimum absolute atomic E-state index is 0.0905. The molecule has 6 nitrogen and oxygen atoms in total. The van der Waals surface area contributed by atoms with Crippen LogP contribution in [0.1, 0.15) is 28.3 Å². The summed E-state index contributed by atoms with van der Waals surface area (Å²) in [6.07, 6.45) is 3.23. The van der Waals surface area contributed by atoms with Crippen LogP contribution in [0.15, 0.2) is 72.6 Å². The molecule has 4 rings (SSSR count). The maximum absolute atomic E-state index is 14.2. The number of ketones is 1. The van der Waals surface area contributed by atoms with Gasteiger partial charge in [0.15, 0.2) is 0 Å².